The number of nitrogens with zero attached hydrogens (tertiary/aromatic N) is 2. The third kappa shape index (κ3) is 2.59. The molecule has 1 aliphatic heterocycles. The Morgan fingerprint density at radius 2 is 2.00 bits per heavy atom. The van der Waals surface area contributed by atoms with Crippen LogP contribution < -0.4 is 5.32 Å². The molecule has 2 aliphatic rings. The highest BCUT2D eigenvalue weighted by Gasteiger charge is 2.50. The molecule has 0 saturated heterocycles. The van der Waals surface area contributed by atoms with E-state index < -0.39 is 11.0 Å². The van der Waals surface area contributed by atoms with Crippen LogP contribution in [0, 0.1) is 0 Å². The Morgan fingerprint density at radius 3 is 2.77 bits per heavy atom. The summed E-state index contributed by atoms with van der Waals surface area (Å²) in [7, 11) is 0. The number of hydrogen-bond donors (Lipinski definition) is 1. The zero-order valence-corrected chi connectivity index (χ0v) is 18.3. The van der Waals surface area contributed by atoms with Crippen molar-refractivity contribution in [3.63, 3.8) is 0 Å². The molecule has 3 heterocycles. The summed E-state index contributed by atoms with van der Waals surface area (Å²) in [5.74, 6) is 0.232. The number of anilines is 1. The van der Waals surface area contributed by atoms with Crippen LogP contribution in [0.5, 0.6) is 0 Å². The molecule has 4 heteroatoms. The van der Waals surface area contributed by atoms with Gasteiger partial charge in [0.1, 0.15) is 0 Å². The van der Waals surface area contributed by atoms with Crippen LogP contribution in [0.25, 0.3) is 16.8 Å². The first kappa shape index (κ1) is 19.1. The molecule has 0 saturated carbocycles. The molecule has 4 nitrogen and oxygen atoms in total. The first-order valence-electron chi connectivity index (χ1n) is 10.8. The van der Waals surface area contributed by atoms with E-state index >= 15 is 0 Å². The van der Waals surface area contributed by atoms with Gasteiger partial charge < -0.3 is 5.32 Å². The molecule has 2 aromatic heterocycles. The van der Waals surface area contributed by atoms with Gasteiger partial charge in [0.2, 0.25) is 0 Å². The van der Waals surface area contributed by atoms with E-state index in [4.69, 9.17) is 0 Å². The van der Waals surface area contributed by atoms with Crippen molar-refractivity contribution in [1.29, 1.82) is 0 Å². The maximum absolute atomic E-state index is 13.7. The zero-order chi connectivity index (χ0) is 21.3. The zero-order valence-electron chi connectivity index (χ0n) is 18.3. The van der Waals surface area contributed by atoms with Crippen molar-refractivity contribution >= 4 is 17.0 Å². The van der Waals surface area contributed by atoms with Crippen LogP contribution in [0.4, 0.5) is 5.69 Å². The number of benzene rings is 1. The van der Waals surface area contributed by atoms with Gasteiger partial charge in [-0.05, 0) is 88.3 Å². The molecule has 154 valence electrons. The van der Waals surface area contributed by atoms with Gasteiger partial charge in [-0.2, -0.15) is 0 Å². The maximum Gasteiger partial charge on any atom is 0.168 e. The Kier molecular flexibility index (Phi) is 4.02. The molecular formula is C26H29N3O. The third-order valence-corrected chi connectivity index (χ3v) is 6.88. The molecule has 0 fully saturated rings. The second-order valence-electron chi connectivity index (χ2n) is 9.80. The molecule has 0 bridgehead atoms. The van der Waals surface area contributed by atoms with Gasteiger partial charge in [0.25, 0.3) is 0 Å². The predicted octanol–water partition coefficient (Wildman–Crippen LogP) is 5.49. The second kappa shape index (κ2) is 6.31. The first-order valence-corrected chi connectivity index (χ1v) is 10.8. The average Bonchev–Trinajstić information content (AvgIpc) is 3.35. The van der Waals surface area contributed by atoms with E-state index in [1.165, 1.54) is 22.4 Å². The van der Waals surface area contributed by atoms with Crippen LogP contribution in [-0.4, -0.2) is 20.7 Å². The van der Waals surface area contributed by atoms with Gasteiger partial charge >= 0.3 is 0 Å². The molecule has 1 aromatic carbocycles. The van der Waals surface area contributed by atoms with Crippen LogP contribution in [-0.2, 0) is 23.1 Å². The van der Waals surface area contributed by atoms with Gasteiger partial charge in [0.05, 0.1) is 34.7 Å². The number of nitrogens with one attached hydrogen (secondary N) is 1. The lowest BCUT2D eigenvalue weighted by Gasteiger charge is -2.45. The van der Waals surface area contributed by atoms with Crippen molar-refractivity contribution in [2.45, 2.75) is 64.3 Å². The number of aromatic nitrogens is 2. The Bertz CT molecular complexity index is 1220. The third-order valence-electron chi connectivity index (χ3n) is 6.88. The molecule has 0 spiro atoms. The minimum Gasteiger partial charge on any atom is -0.373 e. The summed E-state index contributed by atoms with van der Waals surface area (Å²) in [6.07, 6.45) is 7.69. The predicted molar refractivity (Wildman–Crippen MR) is 122 cm³/mol. The largest absolute Gasteiger partial charge is 0.373 e. The Balaban J connectivity index is 1.84. The van der Waals surface area contributed by atoms with E-state index in [-0.39, 0.29) is 5.78 Å². The van der Waals surface area contributed by atoms with Crippen LogP contribution in [0.2, 0.25) is 0 Å². The van der Waals surface area contributed by atoms with E-state index in [9.17, 15) is 4.79 Å². The Morgan fingerprint density at radius 1 is 1.23 bits per heavy atom. The van der Waals surface area contributed by atoms with Gasteiger partial charge in [0, 0.05) is 11.3 Å². The maximum atomic E-state index is 13.7. The molecule has 1 atom stereocenters. The number of hydrogen-bond acceptors (Lipinski definition) is 3. The minimum absolute atomic E-state index is 0.232. The van der Waals surface area contributed by atoms with E-state index in [1.807, 2.05) is 33.3 Å². The molecule has 5 rings (SSSR count). The number of carbonyl (C=O) groups is 1. The highest BCUT2D eigenvalue weighted by Crippen LogP contribution is 2.50. The van der Waals surface area contributed by atoms with Crippen molar-refractivity contribution in [3.05, 3.63) is 65.6 Å². The summed E-state index contributed by atoms with van der Waals surface area (Å²) < 4.78 is 2.15. The highest BCUT2D eigenvalue weighted by atomic mass is 16.1. The summed E-state index contributed by atoms with van der Waals surface area (Å²) in [5.41, 5.74) is 8.38. The monoisotopic (exact) mass is 399 g/mol. The van der Waals surface area contributed by atoms with Gasteiger partial charge in [-0.15, -0.1) is 6.58 Å². The summed E-state index contributed by atoms with van der Waals surface area (Å²) in [5, 5.41) is 3.63. The Hall–Kier alpha value is -2.88. The highest BCUT2D eigenvalue weighted by molar-refractivity contribution is 6.04. The van der Waals surface area contributed by atoms with Crippen molar-refractivity contribution in [3.8, 4) is 11.3 Å². The minimum atomic E-state index is -0.598. The fourth-order valence-corrected chi connectivity index (χ4v) is 5.72. The van der Waals surface area contributed by atoms with Gasteiger partial charge in [0.15, 0.2) is 5.78 Å². The normalized spacial score (nSPS) is 21.9. The number of imidazole rings is 1. The molecule has 3 aromatic rings. The lowest BCUT2D eigenvalue weighted by molar-refractivity contribution is -0.128. The van der Waals surface area contributed by atoms with Crippen LogP contribution in [0.15, 0.2) is 48.9 Å². The van der Waals surface area contributed by atoms with Crippen LogP contribution in [0.1, 0.15) is 57.2 Å². The van der Waals surface area contributed by atoms with Crippen molar-refractivity contribution in [1.82, 2.24) is 9.38 Å². The van der Waals surface area contributed by atoms with E-state index in [1.54, 1.807) is 0 Å². The number of ketones is 1. The molecular weight excluding hydrogens is 370 g/mol. The van der Waals surface area contributed by atoms with Crippen molar-refractivity contribution in [2.75, 3.05) is 5.32 Å². The van der Waals surface area contributed by atoms with Crippen LogP contribution in [0.3, 0.4) is 0 Å². The topological polar surface area (TPSA) is 46.4 Å². The van der Waals surface area contributed by atoms with Gasteiger partial charge in [-0.1, -0.05) is 11.6 Å². The summed E-state index contributed by atoms with van der Waals surface area (Å²) >= 11 is 0. The standard InChI is InChI=1S/C26H29N3O/c1-16(2)13-26(5)21-12-20(22-11-6-8-17-14-27-15-29(17)22)18-9-7-10-19(18)23(21)28-25(3,4)24(26)30/h6,8,11-12,14-15,28H,1,7,9-10,13H2,2-5H3. The van der Waals surface area contributed by atoms with E-state index in [2.05, 4.69) is 52.5 Å². The summed E-state index contributed by atoms with van der Waals surface area (Å²) in [4.78, 5) is 18.0. The van der Waals surface area contributed by atoms with E-state index in [0.717, 1.165) is 41.6 Å². The number of carbonyl (C=O) groups excluding carboxylic acids is 1. The summed E-state index contributed by atoms with van der Waals surface area (Å²) in [6.45, 7) is 12.3. The lowest BCUT2D eigenvalue weighted by Crippen LogP contribution is -2.55. The fourth-order valence-electron chi connectivity index (χ4n) is 5.72. The molecule has 0 radical (unpaired) electrons. The number of fused-ring (bicyclic) bond motifs is 4. The summed E-state index contributed by atoms with van der Waals surface area (Å²) in [6, 6.07) is 8.60. The van der Waals surface area contributed by atoms with Crippen LogP contribution >= 0.6 is 0 Å². The van der Waals surface area contributed by atoms with Crippen molar-refractivity contribution in [2.24, 2.45) is 0 Å². The Labute approximate surface area is 178 Å². The second-order valence-corrected chi connectivity index (χ2v) is 9.80. The fraction of sp³-hybridized carbons (Fsp3) is 0.385. The molecule has 1 unspecified atom stereocenters. The molecule has 1 aliphatic carbocycles. The van der Waals surface area contributed by atoms with E-state index in [0.29, 0.717) is 6.42 Å². The number of Topliss-reactive ketones (excluding diaryl/α,β-unsaturated/α-hetero) is 1. The van der Waals surface area contributed by atoms with Gasteiger partial charge in [-0.25, -0.2) is 4.98 Å². The number of pyridine rings is 1. The smallest absolute Gasteiger partial charge is 0.168 e. The van der Waals surface area contributed by atoms with Crippen molar-refractivity contribution < 1.29 is 4.79 Å². The molecule has 1 N–H and O–H groups in total. The number of allylic oxidation sites excluding steroid dienone is 1. The molecule has 30 heavy (non-hydrogen) atoms. The van der Waals surface area contributed by atoms with Gasteiger partial charge in [-0.3, -0.25) is 9.20 Å². The molecule has 0 amide bonds. The quantitative estimate of drug-likeness (QED) is 0.593. The SMILES string of the molecule is C=C(C)CC1(C)C(=O)C(C)(C)Nc2c1cc(-c1cccc3cncn13)c1c2CCC1. The lowest BCUT2D eigenvalue weighted by atomic mass is 9.64. The average molecular weight is 400 g/mol. The first-order chi connectivity index (χ1) is 14.2. The number of rotatable bonds is 3.